The molecule has 0 spiro atoms. The van der Waals surface area contributed by atoms with Crippen LogP contribution in [0.25, 0.3) is 0 Å². The summed E-state index contributed by atoms with van der Waals surface area (Å²) in [5.41, 5.74) is -0.391. The van der Waals surface area contributed by atoms with Gasteiger partial charge in [-0.05, 0) is 69.1 Å². The summed E-state index contributed by atoms with van der Waals surface area (Å²) in [6.07, 6.45) is 13.5. The highest BCUT2D eigenvalue weighted by Gasteiger charge is 2.58. The fourth-order valence-corrected chi connectivity index (χ4v) is 8.41. The van der Waals surface area contributed by atoms with Crippen molar-refractivity contribution in [2.45, 2.75) is 84.0 Å². The summed E-state index contributed by atoms with van der Waals surface area (Å²) >= 11 is 1.62. The van der Waals surface area contributed by atoms with Crippen molar-refractivity contribution in [1.82, 2.24) is 4.90 Å². The van der Waals surface area contributed by atoms with E-state index < -0.39 is 0 Å². The van der Waals surface area contributed by atoms with Crippen LogP contribution in [0.3, 0.4) is 0 Å². The van der Waals surface area contributed by atoms with Gasteiger partial charge in [-0.2, -0.15) is 4.99 Å². The molecule has 2 amide bonds. The third-order valence-corrected chi connectivity index (χ3v) is 9.61. The molecule has 0 N–H and O–H groups in total. The second-order valence-electron chi connectivity index (χ2n) is 10.3. The summed E-state index contributed by atoms with van der Waals surface area (Å²) in [4.78, 5) is 33.5. The molecule has 1 aliphatic heterocycles. The maximum atomic E-state index is 13.7. The van der Waals surface area contributed by atoms with Gasteiger partial charge < -0.3 is 0 Å². The minimum absolute atomic E-state index is 0.0552. The number of hydrogen-bond acceptors (Lipinski definition) is 3. The van der Waals surface area contributed by atoms with Crippen LogP contribution in [0.4, 0.5) is 0 Å². The van der Waals surface area contributed by atoms with E-state index in [0.717, 1.165) is 87.8 Å². The molecule has 1 heterocycles. The predicted molar refractivity (Wildman–Crippen MR) is 113 cm³/mol. The number of amides is 2. The summed E-state index contributed by atoms with van der Waals surface area (Å²) in [5.74, 6) is 3.54. The van der Waals surface area contributed by atoms with Crippen LogP contribution in [0, 0.1) is 28.6 Å². The van der Waals surface area contributed by atoms with Crippen LogP contribution >= 0.6 is 11.8 Å². The summed E-state index contributed by atoms with van der Waals surface area (Å²) < 4.78 is 0. The highest BCUT2D eigenvalue weighted by atomic mass is 32.2. The molecule has 4 saturated carbocycles. The first-order chi connectivity index (χ1) is 13.6. The number of nitrogens with zero attached hydrogens (tertiary/aromatic N) is 2. The normalized spacial score (nSPS) is 39.8. The molecule has 5 rings (SSSR count). The van der Waals surface area contributed by atoms with E-state index in [2.05, 4.69) is 11.9 Å². The predicted octanol–water partition coefficient (Wildman–Crippen LogP) is 5.02. The molecule has 5 heteroatoms. The lowest BCUT2D eigenvalue weighted by atomic mass is 9.67. The third-order valence-electron chi connectivity index (χ3n) is 8.65. The topological polar surface area (TPSA) is 49.7 Å². The average molecular weight is 403 g/mol. The molecule has 3 bridgehead atoms. The summed E-state index contributed by atoms with van der Waals surface area (Å²) in [6.45, 7) is 2.89. The minimum atomic E-state index is -0.250. The van der Waals surface area contributed by atoms with Crippen LogP contribution in [0.15, 0.2) is 4.99 Å². The molecule has 1 saturated heterocycles. The first-order valence-corrected chi connectivity index (χ1v) is 12.6. The van der Waals surface area contributed by atoms with Crippen LogP contribution < -0.4 is 0 Å². The summed E-state index contributed by atoms with van der Waals surface area (Å²) in [6, 6.07) is 0. The van der Waals surface area contributed by atoms with E-state index in [1.54, 1.807) is 11.8 Å². The lowest BCUT2D eigenvalue weighted by Gasteiger charge is -2.40. The molecule has 5 fully saturated rings. The molecular weight excluding hydrogens is 368 g/mol. The Kier molecular flexibility index (Phi) is 4.88. The molecule has 0 radical (unpaired) electrons. The Morgan fingerprint density at radius 3 is 2.71 bits per heavy atom. The van der Waals surface area contributed by atoms with Gasteiger partial charge in [0.25, 0.3) is 5.91 Å². The Labute approximate surface area is 173 Å². The van der Waals surface area contributed by atoms with Crippen LogP contribution in [0.5, 0.6) is 0 Å². The molecule has 28 heavy (non-hydrogen) atoms. The molecule has 0 aromatic carbocycles. The van der Waals surface area contributed by atoms with Crippen LogP contribution in [0.2, 0.25) is 0 Å². The fraction of sp³-hybridized carbons (Fsp3) is 0.870. The quantitative estimate of drug-likeness (QED) is 0.663. The number of thioether (sulfide) groups is 1. The summed E-state index contributed by atoms with van der Waals surface area (Å²) in [7, 11) is 0. The van der Waals surface area contributed by atoms with E-state index in [4.69, 9.17) is 0 Å². The van der Waals surface area contributed by atoms with Gasteiger partial charge >= 0.3 is 0 Å². The monoisotopic (exact) mass is 402 g/mol. The van der Waals surface area contributed by atoms with Crippen molar-refractivity contribution < 1.29 is 9.59 Å². The van der Waals surface area contributed by atoms with Crippen LogP contribution in [-0.4, -0.2) is 34.2 Å². The number of fused-ring (bicyclic) bond motifs is 2. The Morgan fingerprint density at radius 1 is 1.14 bits per heavy atom. The number of amidine groups is 1. The number of hydrogen-bond donors (Lipinski definition) is 0. The maximum absolute atomic E-state index is 13.7. The zero-order valence-electron chi connectivity index (χ0n) is 17.3. The van der Waals surface area contributed by atoms with E-state index in [0.29, 0.717) is 11.1 Å². The van der Waals surface area contributed by atoms with Gasteiger partial charge in [0, 0.05) is 12.3 Å². The second-order valence-corrected chi connectivity index (χ2v) is 11.4. The van der Waals surface area contributed by atoms with Crippen molar-refractivity contribution in [1.29, 1.82) is 0 Å². The van der Waals surface area contributed by atoms with Gasteiger partial charge in [0.05, 0.1) is 10.8 Å². The van der Waals surface area contributed by atoms with Crippen molar-refractivity contribution in [2.24, 2.45) is 33.6 Å². The van der Waals surface area contributed by atoms with Crippen molar-refractivity contribution in [3.8, 4) is 0 Å². The van der Waals surface area contributed by atoms with Crippen molar-refractivity contribution in [2.75, 3.05) is 12.3 Å². The van der Waals surface area contributed by atoms with E-state index in [9.17, 15) is 9.59 Å². The first-order valence-electron chi connectivity index (χ1n) is 11.6. The van der Waals surface area contributed by atoms with Gasteiger partial charge in [0.15, 0.2) is 5.17 Å². The molecule has 0 aromatic rings. The highest BCUT2D eigenvalue weighted by molar-refractivity contribution is 8.14. The number of carbonyl (C=O) groups is 2. The molecule has 154 valence electrons. The summed E-state index contributed by atoms with van der Waals surface area (Å²) in [5, 5.41) is 0.716. The largest absolute Gasteiger partial charge is 0.290 e. The Morgan fingerprint density at radius 2 is 1.93 bits per heavy atom. The molecular formula is C23H34N2O2S. The van der Waals surface area contributed by atoms with Gasteiger partial charge in [-0.15, -0.1) is 0 Å². The Bertz CT molecular complexity index is 695. The van der Waals surface area contributed by atoms with Crippen LogP contribution in [0.1, 0.15) is 84.0 Å². The number of aliphatic imine (C=N–C) groups is 1. The molecule has 4 nitrogen and oxygen atoms in total. The lowest BCUT2D eigenvalue weighted by molar-refractivity contribution is -0.139. The lowest BCUT2D eigenvalue weighted by Crippen LogP contribution is -2.46. The molecule has 4 unspecified atom stereocenters. The molecule has 5 aliphatic rings. The molecule has 4 aliphatic carbocycles. The zero-order valence-corrected chi connectivity index (χ0v) is 18.1. The van der Waals surface area contributed by atoms with Crippen molar-refractivity contribution >= 4 is 28.7 Å². The maximum Gasteiger partial charge on any atom is 0.254 e. The van der Waals surface area contributed by atoms with Crippen LogP contribution in [-0.2, 0) is 9.59 Å². The first kappa shape index (κ1) is 19.1. The Hall–Kier alpha value is -0.840. The van der Waals surface area contributed by atoms with E-state index in [1.165, 1.54) is 19.3 Å². The number of rotatable bonds is 4. The molecule has 0 aromatic heterocycles. The highest BCUT2D eigenvalue weighted by Crippen LogP contribution is 2.62. The minimum Gasteiger partial charge on any atom is -0.290 e. The van der Waals surface area contributed by atoms with E-state index in [-0.39, 0.29) is 16.7 Å². The second kappa shape index (κ2) is 7.14. The van der Waals surface area contributed by atoms with Gasteiger partial charge in [0.1, 0.15) is 0 Å². The number of carbonyl (C=O) groups excluding carboxylic acids is 2. The molecule has 4 atom stereocenters. The third kappa shape index (κ3) is 2.98. The fourth-order valence-electron chi connectivity index (χ4n) is 7.47. The van der Waals surface area contributed by atoms with Gasteiger partial charge in [-0.1, -0.05) is 44.4 Å². The van der Waals surface area contributed by atoms with Crippen molar-refractivity contribution in [3.05, 3.63) is 0 Å². The standard InChI is InChI=1S/C23H34N2O2S/c1-2-7-22(8-3-4-9-22)19(26)24-21-25(10-11-28-21)20(27)23-13-16-5-6-17(14-23)18(12-16)15-23/h16-18H,2-15H2,1H3/b24-21-. The van der Waals surface area contributed by atoms with Gasteiger partial charge in [-0.3, -0.25) is 14.5 Å². The van der Waals surface area contributed by atoms with E-state index >= 15 is 0 Å². The van der Waals surface area contributed by atoms with Crippen molar-refractivity contribution in [3.63, 3.8) is 0 Å². The smallest absolute Gasteiger partial charge is 0.254 e. The zero-order chi connectivity index (χ0) is 19.4. The van der Waals surface area contributed by atoms with Gasteiger partial charge in [0.2, 0.25) is 5.91 Å². The van der Waals surface area contributed by atoms with E-state index in [1.807, 2.05) is 4.90 Å². The SMILES string of the molecule is CCCC1(C(=O)/N=C2\SCCN2C(=O)C23CC4CCC(C2)C(C4)C3)CCCC1. The Balaban J connectivity index is 1.37. The average Bonchev–Trinajstić information content (AvgIpc) is 3.37. The van der Waals surface area contributed by atoms with Gasteiger partial charge in [-0.25, -0.2) is 0 Å².